The monoisotopic (exact) mass is 305 g/mol. The van der Waals surface area contributed by atoms with E-state index < -0.39 is 6.10 Å². The molecule has 1 amide bonds. The highest BCUT2D eigenvalue weighted by atomic mass is 16.5. The van der Waals surface area contributed by atoms with Gasteiger partial charge in [0.1, 0.15) is 5.75 Å². The van der Waals surface area contributed by atoms with Crippen molar-refractivity contribution in [3.63, 3.8) is 0 Å². The first-order valence-electron chi connectivity index (χ1n) is 7.78. The van der Waals surface area contributed by atoms with Crippen LogP contribution in [0.5, 0.6) is 5.75 Å². The van der Waals surface area contributed by atoms with E-state index in [1.807, 2.05) is 79.7 Å². The molecule has 116 valence electrons. The maximum Gasteiger partial charge on any atom is 0.265 e. The van der Waals surface area contributed by atoms with Crippen LogP contribution >= 0.6 is 0 Å². The van der Waals surface area contributed by atoms with E-state index in [-0.39, 0.29) is 5.91 Å². The van der Waals surface area contributed by atoms with Crippen LogP contribution in [0, 0.1) is 0 Å². The molecular formula is C20H19NO2. The van der Waals surface area contributed by atoms with Gasteiger partial charge in [-0.25, -0.2) is 0 Å². The van der Waals surface area contributed by atoms with Crippen molar-refractivity contribution in [3.8, 4) is 5.75 Å². The Labute approximate surface area is 135 Å². The van der Waals surface area contributed by atoms with Gasteiger partial charge in [0.15, 0.2) is 6.10 Å². The summed E-state index contributed by atoms with van der Waals surface area (Å²) in [6, 6.07) is 23.3. The number of para-hydroxylation sites is 1. The molecule has 0 bridgehead atoms. The highest BCUT2D eigenvalue weighted by Crippen LogP contribution is 2.23. The Kier molecular flexibility index (Phi) is 4.57. The number of nitrogens with one attached hydrogen (secondary N) is 1. The molecule has 0 fully saturated rings. The number of benzene rings is 3. The van der Waals surface area contributed by atoms with Gasteiger partial charge in [-0.2, -0.15) is 0 Å². The molecule has 23 heavy (non-hydrogen) atoms. The molecule has 0 saturated carbocycles. The second kappa shape index (κ2) is 6.97. The standard InChI is InChI=1S/C20H19NO2/c1-2-19(23-16-11-4-3-5-12-16)20(22)21-18-14-8-10-15-9-6-7-13-17(15)18/h3-14,19H,2H2,1H3,(H,21,22)/t19-/m1/s1. The lowest BCUT2D eigenvalue weighted by Crippen LogP contribution is -2.32. The Bertz CT molecular complexity index is 794. The zero-order valence-electron chi connectivity index (χ0n) is 13.0. The minimum atomic E-state index is -0.517. The molecule has 1 atom stereocenters. The first-order chi connectivity index (χ1) is 11.3. The SMILES string of the molecule is CC[C@@H](Oc1ccccc1)C(=O)Nc1cccc2ccccc12. The lowest BCUT2D eigenvalue weighted by molar-refractivity contribution is -0.122. The summed E-state index contributed by atoms with van der Waals surface area (Å²) in [5, 5.41) is 5.12. The van der Waals surface area contributed by atoms with Crippen molar-refractivity contribution >= 4 is 22.4 Å². The molecule has 0 heterocycles. The van der Waals surface area contributed by atoms with Gasteiger partial charge < -0.3 is 10.1 Å². The fraction of sp³-hybridized carbons (Fsp3) is 0.150. The molecule has 3 rings (SSSR count). The fourth-order valence-corrected chi connectivity index (χ4v) is 2.53. The minimum Gasteiger partial charge on any atom is -0.481 e. The van der Waals surface area contributed by atoms with E-state index in [1.165, 1.54) is 0 Å². The van der Waals surface area contributed by atoms with E-state index in [0.717, 1.165) is 16.5 Å². The Morgan fingerprint density at radius 3 is 2.43 bits per heavy atom. The maximum atomic E-state index is 12.6. The van der Waals surface area contributed by atoms with Crippen LogP contribution in [0.15, 0.2) is 72.8 Å². The zero-order chi connectivity index (χ0) is 16.1. The summed E-state index contributed by atoms with van der Waals surface area (Å²) in [7, 11) is 0. The van der Waals surface area contributed by atoms with Crippen molar-refractivity contribution in [3.05, 3.63) is 72.8 Å². The van der Waals surface area contributed by atoms with Crippen LogP contribution in [0.25, 0.3) is 10.8 Å². The Balaban J connectivity index is 1.79. The van der Waals surface area contributed by atoms with E-state index in [0.29, 0.717) is 12.2 Å². The molecule has 0 aliphatic heterocycles. The third-order valence-corrected chi connectivity index (χ3v) is 3.73. The van der Waals surface area contributed by atoms with E-state index in [2.05, 4.69) is 5.32 Å². The molecule has 3 heteroatoms. The van der Waals surface area contributed by atoms with Crippen molar-refractivity contribution in [2.24, 2.45) is 0 Å². The normalized spacial score (nSPS) is 11.9. The molecule has 0 spiro atoms. The van der Waals surface area contributed by atoms with Gasteiger partial charge in [-0.1, -0.05) is 61.5 Å². The molecule has 0 radical (unpaired) electrons. The highest BCUT2D eigenvalue weighted by molar-refractivity contribution is 6.03. The molecule has 0 aromatic heterocycles. The number of anilines is 1. The summed E-state index contributed by atoms with van der Waals surface area (Å²) in [6.07, 6.45) is 0.0854. The van der Waals surface area contributed by atoms with Crippen LogP contribution < -0.4 is 10.1 Å². The maximum absolute atomic E-state index is 12.6. The number of hydrogen-bond acceptors (Lipinski definition) is 2. The molecule has 3 aromatic rings. The summed E-state index contributed by atoms with van der Waals surface area (Å²) >= 11 is 0. The molecule has 0 unspecified atom stereocenters. The molecule has 1 N–H and O–H groups in total. The molecule has 3 aromatic carbocycles. The van der Waals surface area contributed by atoms with E-state index in [1.54, 1.807) is 0 Å². The van der Waals surface area contributed by atoms with Crippen molar-refractivity contribution in [1.29, 1.82) is 0 Å². The van der Waals surface area contributed by atoms with Gasteiger partial charge >= 0.3 is 0 Å². The van der Waals surface area contributed by atoms with Gasteiger partial charge in [-0.15, -0.1) is 0 Å². The summed E-state index contributed by atoms with van der Waals surface area (Å²) < 4.78 is 5.80. The van der Waals surface area contributed by atoms with Crippen LogP contribution in [0.1, 0.15) is 13.3 Å². The average molecular weight is 305 g/mol. The summed E-state index contributed by atoms with van der Waals surface area (Å²) in [5.74, 6) is 0.570. The van der Waals surface area contributed by atoms with Gasteiger partial charge in [0, 0.05) is 11.1 Å². The smallest absolute Gasteiger partial charge is 0.265 e. The van der Waals surface area contributed by atoms with E-state index >= 15 is 0 Å². The number of fused-ring (bicyclic) bond motifs is 1. The topological polar surface area (TPSA) is 38.3 Å². The van der Waals surface area contributed by atoms with Crippen molar-refractivity contribution in [2.45, 2.75) is 19.4 Å². The summed E-state index contributed by atoms with van der Waals surface area (Å²) in [4.78, 5) is 12.6. The van der Waals surface area contributed by atoms with E-state index in [4.69, 9.17) is 4.74 Å². The fourth-order valence-electron chi connectivity index (χ4n) is 2.53. The Hall–Kier alpha value is -2.81. The van der Waals surface area contributed by atoms with Gasteiger partial charge in [0.05, 0.1) is 0 Å². The quantitative estimate of drug-likeness (QED) is 0.746. The van der Waals surface area contributed by atoms with Gasteiger partial charge in [0.2, 0.25) is 0 Å². The minimum absolute atomic E-state index is 0.132. The predicted molar refractivity (Wildman–Crippen MR) is 93.7 cm³/mol. The first-order valence-corrected chi connectivity index (χ1v) is 7.78. The molecular weight excluding hydrogens is 286 g/mol. The molecule has 0 saturated heterocycles. The number of carbonyl (C=O) groups is 1. The zero-order valence-corrected chi connectivity index (χ0v) is 13.0. The van der Waals surface area contributed by atoms with Crippen molar-refractivity contribution in [1.82, 2.24) is 0 Å². The Morgan fingerprint density at radius 2 is 1.65 bits per heavy atom. The van der Waals surface area contributed by atoms with Crippen LogP contribution in [-0.4, -0.2) is 12.0 Å². The second-order valence-electron chi connectivity index (χ2n) is 5.34. The summed E-state index contributed by atoms with van der Waals surface area (Å²) in [6.45, 7) is 1.94. The van der Waals surface area contributed by atoms with Crippen LogP contribution in [-0.2, 0) is 4.79 Å². The first kappa shape index (κ1) is 15.1. The predicted octanol–water partition coefficient (Wildman–Crippen LogP) is 4.64. The highest BCUT2D eigenvalue weighted by Gasteiger charge is 2.19. The number of ether oxygens (including phenoxy) is 1. The molecule has 0 aliphatic carbocycles. The Morgan fingerprint density at radius 1 is 0.957 bits per heavy atom. The molecule has 3 nitrogen and oxygen atoms in total. The number of carbonyl (C=O) groups excluding carboxylic acids is 1. The van der Waals surface area contributed by atoms with Crippen LogP contribution in [0.3, 0.4) is 0 Å². The average Bonchev–Trinajstić information content (AvgIpc) is 2.61. The lowest BCUT2D eigenvalue weighted by atomic mass is 10.1. The van der Waals surface area contributed by atoms with Gasteiger partial charge in [-0.3, -0.25) is 4.79 Å². The lowest BCUT2D eigenvalue weighted by Gasteiger charge is -2.18. The largest absolute Gasteiger partial charge is 0.481 e. The second-order valence-corrected chi connectivity index (χ2v) is 5.34. The van der Waals surface area contributed by atoms with Gasteiger partial charge in [-0.05, 0) is 30.0 Å². The molecule has 0 aliphatic rings. The number of hydrogen-bond donors (Lipinski definition) is 1. The van der Waals surface area contributed by atoms with Crippen LogP contribution in [0.2, 0.25) is 0 Å². The van der Waals surface area contributed by atoms with Crippen molar-refractivity contribution in [2.75, 3.05) is 5.32 Å². The number of amides is 1. The van der Waals surface area contributed by atoms with E-state index in [9.17, 15) is 4.79 Å². The van der Waals surface area contributed by atoms with Gasteiger partial charge in [0.25, 0.3) is 5.91 Å². The number of rotatable bonds is 5. The summed E-state index contributed by atoms with van der Waals surface area (Å²) in [5.41, 5.74) is 0.809. The van der Waals surface area contributed by atoms with Crippen molar-refractivity contribution < 1.29 is 9.53 Å². The third kappa shape index (κ3) is 3.51. The van der Waals surface area contributed by atoms with Crippen LogP contribution in [0.4, 0.5) is 5.69 Å². The third-order valence-electron chi connectivity index (χ3n) is 3.73.